The van der Waals surface area contributed by atoms with Gasteiger partial charge in [0, 0.05) is 24.1 Å². The zero-order valence-electron chi connectivity index (χ0n) is 17.2. The number of likely N-dealkylation sites (tertiary alicyclic amines) is 1. The zero-order chi connectivity index (χ0) is 22.6. The van der Waals surface area contributed by atoms with Crippen LogP contribution >= 0.6 is 0 Å². The van der Waals surface area contributed by atoms with Crippen LogP contribution in [0, 0.1) is 17.7 Å². The fourth-order valence-electron chi connectivity index (χ4n) is 4.71. The average Bonchev–Trinajstić information content (AvgIpc) is 3.35. The van der Waals surface area contributed by atoms with E-state index in [0.717, 1.165) is 17.7 Å². The highest BCUT2D eigenvalue weighted by Crippen LogP contribution is 2.57. The molecule has 31 heavy (non-hydrogen) atoms. The molecule has 168 valence electrons. The molecule has 2 fully saturated rings. The van der Waals surface area contributed by atoms with Gasteiger partial charge in [0.05, 0.1) is 0 Å². The van der Waals surface area contributed by atoms with E-state index in [0.29, 0.717) is 30.6 Å². The van der Waals surface area contributed by atoms with Crippen LogP contribution in [0.4, 0.5) is 17.6 Å². The van der Waals surface area contributed by atoms with Crippen LogP contribution in [0.25, 0.3) is 11.4 Å². The molecule has 3 atom stereocenters. The lowest BCUT2D eigenvalue weighted by molar-refractivity contribution is -0.251. The number of aromatic nitrogens is 3. The Bertz CT molecular complexity index is 967. The van der Waals surface area contributed by atoms with Crippen molar-refractivity contribution in [3.8, 4) is 11.4 Å². The van der Waals surface area contributed by atoms with Gasteiger partial charge in [-0.1, -0.05) is 6.92 Å². The molecular formula is C21H24F4N4O2. The molecule has 2 heterocycles. The number of rotatable bonds is 4. The molecule has 1 aromatic carbocycles. The lowest BCUT2D eigenvalue weighted by Gasteiger charge is -2.42. The van der Waals surface area contributed by atoms with E-state index in [-0.39, 0.29) is 36.2 Å². The fourth-order valence-corrected chi connectivity index (χ4v) is 4.71. The monoisotopic (exact) mass is 440 g/mol. The van der Waals surface area contributed by atoms with Gasteiger partial charge in [0.2, 0.25) is 5.60 Å². The first-order chi connectivity index (χ1) is 14.5. The van der Waals surface area contributed by atoms with Gasteiger partial charge in [-0.25, -0.2) is 9.37 Å². The van der Waals surface area contributed by atoms with Crippen molar-refractivity contribution in [2.75, 3.05) is 13.1 Å². The first-order valence-corrected chi connectivity index (χ1v) is 10.2. The number of aromatic amines is 1. The minimum Gasteiger partial charge on any atom is -0.373 e. The average molecular weight is 440 g/mol. The molecule has 0 spiro atoms. The number of amides is 1. The second-order valence-electron chi connectivity index (χ2n) is 8.86. The summed E-state index contributed by atoms with van der Waals surface area (Å²) in [5, 5.41) is 17.0. The molecule has 1 aliphatic carbocycles. The van der Waals surface area contributed by atoms with Crippen molar-refractivity contribution in [1.29, 1.82) is 0 Å². The Morgan fingerprint density at radius 3 is 2.45 bits per heavy atom. The van der Waals surface area contributed by atoms with Gasteiger partial charge in [0.15, 0.2) is 5.82 Å². The van der Waals surface area contributed by atoms with E-state index >= 15 is 0 Å². The Morgan fingerprint density at radius 1 is 1.26 bits per heavy atom. The maximum absolute atomic E-state index is 13.2. The Morgan fingerprint density at radius 2 is 1.90 bits per heavy atom. The molecule has 1 amide bonds. The Hall–Kier alpha value is -2.49. The number of halogens is 4. The van der Waals surface area contributed by atoms with E-state index in [2.05, 4.69) is 15.2 Å². The number of carbonyl (C=O) groups is 1. The number of alkyl halides is 3. The molecule has 2 aliphatic rings. The van der Waals surface area contributed by atoms with Gasteiger partial charge in [-0.05, 0) is 62.3 Å². The van der Waals surface area contributed by atoms with E-state index < -0.39 is 17.7 Å². The van der Waals surface area contributed by atoms with Crippen LogP contribution in [0.15, 0.2) is 24.3 Å². The molecule has 0 bridgehead atoms. The first-order valence-electron chi connectivity index (χ1n) is 10.2. The predicted molar refractivity (Wildman–Crippen MR) is 103 cm³/mol. The van der Waals surface area contributed by atoms with Crippen molar-refractivity contribution >= 4 is 5.91 Å². The molecule has 1 aromatic heterocycles. The molecule has 10 heteroatoms. The second kappa shape index (κ2) is 7.29. The number of nitrogens with one attached hydrogen (secondary N) is 1. The summed E-state index contributed by atoms with van der Waals surface area (Å²) >= 11 is 0. The molecule has 4 rings (SSSR count). The van der Waals surface area contributed by atoms with Crippen molar-refractivity contribution in [3.63, 3.8) is 0 Å². The summed E-state index contributed by atoms with van der Waals surface area (Å²) in [5.41, 5.74) is -2.97. The molecule has 6 nitrogen and oxygen atoms in total. The Balaban J connectivity index is 1.49. The van der Waals surface area contributed by atoms with Crippen molar-refractivity contribution < 1.29 is 27.5 Å². The maximum atomic E-state index is 13.2. The summed E-state index contributed by atoms with van der Waals surface area (Å²) in [5.74, 6) is -0.454. The standard InChI is InChI=1S/C21H24F4N4O2/c1-12-11-29(18(30)19(2,31)21(23,24)25)10-7-15(12)20(8-9-20)17-26-16(27-28-17)13-3-5-14(22)6-4-13/h3-6,12,15,31H,7-11H2,1-2H3,(H,26,27,28)/t12-,15?,19?/m1/s1. The van der Waals surface area contributed by atoms with Crippen LogP contribution < -0.4 is 0 Å². The van der Waals surface area contributed by atoms with Crippen molar-refractivity contribution in [1.82, 2.24) is 20.1 Å². The summed E-state index contributed by atoms with van der Waals surface area (Å²) in [6.07, 6.45) is -2.78. The SMILES string of the molecule is C[C@@H]1CN(C(=O)C(C)(O)C(F)(F)F)CCC1C1(c2nc(-c3ccc(F)cc3)n[nH]2)CC1. The van der Waals surface area contributed by atoms with Gasteiger partial charge in [0.1, 0.15) is 11.6 Å². The molecule has 1 aliphatic heterocycles. The summed E-state index contributed by atoms with van der Waals surface area (Å²) in [6, 6.07) is 5.87. The number of aliphatic hydroxyl groups is 1. The largest absolute Gasteiger partial charge is 0.426 e. The van der Waals surface area contributed by atoms with Gasteiger partial charge in [0.25, 0.3) is 5.91 Å². The van der Waals surface area contributed by atoms with Crippen LogP contribution in [0.3, 0.4) is 0 Å². The Labute approximate surface area is 176 Å². The van der Waals surface area contributed by atoms with Gasteiger partial charge >= 0.3 is 6.18 Å². The van der Waals surface area contributed by atoms with Crippen LogP contribution in [-0.2, 0) is 10.2 Å². The summed E-state index contributed by atoms with van der Waals surface area (Å²) < 4.78 is 52.3. The first kappa shape index (κ1) is 21.7. The van der Waals surface area contributed by atoms with Gasteiger partial charge in [-0.3, -0.25) is 9.89 Å². The van der Waals surface area contributed by atoms with Gasteiger partial charge < -0.3 is 10.0 Å². The number of hydrogen-bond acceptors (Lipinski definition) is 4. The predicted octanol–water partition coefficient (Wildman–Crippen LogP) is 3.44. The number of hydrogen-bond donors (Lipinski definition) is 2. The van der Waals surface area contributed by atoms with Crippen molar-refractivity contribution in [2.45, 2.75) is 50.3 Å². The topological polar surface area (TPSA) is 82.1 Å². The third-order valence-electron chi connectivity index (χ3n) is 6.72. The van der Waals surface area contributed by atoms with E-state index in [4.69, 9.17) is 0 Å². The number of H-pyrrole nitrogens is 1. The number of benzene rings is 1. The number of nitrogens with zero attached hydrogens (tertiary/aromatic N) is 3. The second-order valence-corrected chi connectivity index (χ2v) is 8.86. The lowest BCUT2D eigenvalue weighted by Crippen LogP contribution is -2.59. The minimum atomic E-state index is -5.03. The van der Waals surface area contributed by atoms with Crippen molar-refractivity contribution in [2.24, 2.45) is 11.8 Å². The van der Waals surface area contributed by atoms with Crippen molar-refractivity contribution in [3.05, 3.63) is 35.9 Å². The normalized spacial score (nSPS) is 25.2. The summed E-state index contributed by atoms with van der Waals surface area (Å²) in [6.45, 7) is 2.68. The quantitative estimate of drug-likeness (QED) is 0.714. The van der Waals surface area contributed by atoms with E-state index in [1.807, 2.05) is 6.92 Å². The van der Waals surface area contributed by atoms with Crippen LogP contribution in [0.1, 0.15) is 38.9 Å². The van der Waals surface area contributed by atoms with Crippen LogP contribution in [0.2, 0.25) is 0 Å². The van der Waals surface area contributed by atoms with Crippen LogP contribution in [0.5, 0.6) is 0 Å². The summed E-state index contributed by atoms with van der Waals surface area (Å²) in [7, 11) is 0. The highest BCUT2D eigenvalue weighted by molar-refractivity contribution is 5.85. The fraction of sp³-hybridized carbons (Fsp3) is 0.571. The zero-order valence-corrected chi connectivity index (χ0v) is 17.2. The van der Waals surface area contributed by atoms with Crippen LogP contribution in [-0.4, -0.2) is 56.0 Å². The molecule has 1 saturated carbocycles. The highest BCUT2D eigenvalue weighted by atomic mass is 19.4. The highest BCUT2D eigenvalue weighted by Gasteiger charge is 2.59. The molecular weight excluding hydrogens is 416 g/mol. The molecule has 0 radical (unpaired) electrons. The Kier molecular flexibility index (Phi) is 5.11. The number of carbonyl (C=O) groups excluding carboxylic acids is 1. The minimum absolute atomic E-state index is 0.0800. The number of piperidine rings is 1. The van der Waals surface area contributed by atoms with E-state index in [9.17, 15) is 27.5 Å². The maximum Gasteiger partial charge on any atom is 0.426 e. The van der Waals surface area contributed by atoms with Gasteiger partial charge in [-0.15, -0.1) is 0 Å². The third-order valence-corrected chi connectivity index (χ3v) is 6.72. The molecule has 1 saturated heterocycles. The third kappa shape index (κ3) is 3.71. The molecule has 2 unspecified atom stereocenters. The smallest absolute Gasteiger partial charge is 0.373 e. The molecule has 2 aromatic rings. The summed E-state index contributed by atoms with van der Waals surface area (Å²) in [4.78, 5) is 18.1. The van der Waals surface area contributed by atoms with E-state index in [1.54, 1.807) is 12.1 Å². The van der Waals surface area contributed by atoms with E-state index in [1.165, 1.54) is 12.1 Å². The lowest BCUT2D eigenvalue weighted by atomic mass is 9.74. The molecule has 2 N–H and O–H groups in total. The van der Waals surface area contributed by atoms with Gasteiger partial charge in [-0.2, -0.15) is 18.3 Å².